The van der Waals surface area contributed by atoms with Gasteiger partial charge in [-0.2, -0.15) is 5.10 Å². The fourth-order valence-corrected chi connectivity index (χ4v) is 2.80. The van der Waals surface area contributed by atoms with Crippen molar-refractivity contribution >= 4 is 52.0 Å². The maximum absolute atomic E-state index is 12.0. The highest BCUT2D eigenvalue weighted by molar-refractivity contribution is 14.1. The molecule has 3 rings (SSSR count). The van der Waals surface area contributed by atoms with Gasteiger partial charge < -0.3 is 9.52 Å². The third-order valence-electron chi connectivity index (χ3n) is 3.62. The Morgan fingerprint density at radius 2 is 2.04 bits per heavy atom. The summed E-state index contributed by atoms with van der Waals surface area (Å²) in [6, 6.07) is 11.7. The number of nitro groups is 1. The minimum atomic E-state index is -0.525. The molecule has 1 heterocycles. The summed E-state index contributed by atoms with van der Waals surface area (Å²) in [6.45, 7) is 0. The van der Waals surface area contributed by atoms with Gasteiger partial charge in [0, 0.05) is 23.3 Å². The first-order valence-corrected chi connectivity index (χ1v) is 9.17. The van der Waals surface area contributed by atoms with E-state index in [2.05, 4.69) is 10.5 Å². The van der Waals surface area contributed by atoms with Crippen LogP contribution in [0.5, 0.6) is 5.75 Å². The molecule has 0 unspecified atom stereocenters. The van der Waals surface area contributed by atoms with Crippen molar-refractivity contribution < 1.29 is 19.2 Å². The fourth-order valence-electron chi connectivity index (χ4n) is 2.26. The van der Waals surface area contributed by atoms with Gasteiger partial charge in [-0.1, -0.05) is 11.6 Å². The largest absolute Gasteiger partial charge is 0.507 e. The van der Waals surface area contributed by atoms with Crippen LogP contribution < -0.4 is 5.43 Å². The number of amides is 1. The van der Waals surface area contributed by atoms with Crippen LogP contribution in [0.3, 0.4) is 0 Å². The summed E-state index contributed by atoms with van der Waals surface area (Å²) in [4.78, 5) is 22.4. The molecule has 10 heteroatoms. The number of nitro benzene ring substituents is 1. The summed E-state index contributed by atoms with van der Waals surface area (Å²) < 4.78 is 6.18. The molecule has 0 radical (unpaired) electrons. The average Bonchev–Trinajstić information content (AvgIpc) is 3.12. The second-order valence-electron chi connectivity index (χ2n) is 5.49. The van der Waals surface area contributed by atoms with Crippen LogP contribution in [-0.2, 0) is 0 Å². The first kappa shape index (κ1) is 19.8. The number of phenols is 1. The van der Waals surface area contributed by atoms with E-state index in [-0.39, 0.29) is 17.0 Å². The fraction of sp³-hybridized carbons (Fsp3) is 0. The van der Waals surface area contributed by atoms with E-state index < -0.39 is 10.8 Å². The number of carbonyl (C=O) groups excluding carboxylic acids is 1. The zero-order valence-corrected chi connectivity index (χ0v) is 16.8. The second kappa shape index (κ2) is 8.40. The van der Waals surface area contributed by atoms with Crippen molar-refractivity contribution in [1.29, 1.82) is 0 Å². The van der Waals surface area contributed by atoms with Gasteiger partial charge >= 0.3 is 0 Å². The minimum absolute atomic E-state index is 0.00161. The molecule has 0 spiro atoms. The van der Waals surface area contributed by atoms with E-state index in [1.807, 2.05) is 22.6 Å². The topological polar surface area (TPSA) is 118 Å². The Morgan fingerprint density at radius 3 is 2.75 bits per heavy atom. The molecule has 1 amide bonds. The van der Waals surface area contributed by atoms with Gasteiger partial charge in [0.25, 0.3) is 11.6 Å². The Morgan fingerprint density at radius 1 is 1.25 bits per heavy atom. The lowest BCUT2D eigenvalue weighted by Crippen LogP contribution is -2.17. The molecule has 3 aromatic rings. The molecule has 8 nitrogen and oxygen atoms in total. The SMILES string of the molecule is O=C(N/N=C\c1ccc(-c2cc([N+](=O)[O-])ccc2Cl)o1)c1ccc(I)c(O)c1. The van der Waals surface area contributed by atoms with Crippen LogP contribution in [0.15, 0.2) is 58.0 Å². The molecule has 0 atom stereocenters. The van der Waals surface area contributed by atoms with Crippen LogP contribution >= 0.6 is 34.2 Å². The molecule has 0 fully saturated rings. The number of furan rings is 1. The lowest BCUT2D eigenvalue weighted by molar-refractivity contribution is -0.384. The summed E-state index contributed by atoms with van der Waals surface area (Å²) >= 11 is 8.03. The standard InChI is InChI=1S/C18H11ClIN3O5/c19-14-4-2-11(23(26)27)8-13(14)17-6-3-12(28-17)9-21-22-18(25)10-1-5-15(20)16(24)7-10/h1-9,24H,(H,22,25)/b21-9-. The number of nitrogens with one attached hydrogen (secondary N) is 1. The lowest BCUT2D eigenvalue weighted by Gasteiger charge is -2.02. The maximum atomic E-state index is 12.0. The van der Waals surface area contributed by atoms with Gasteiger partial charge in [0.2, 0.25) is 0 Å². The summed E-state index contributed by atoms with van der Waals surface area (Å²) in [5.74, 6) is 0.130. The van der Waals surface area contributed by atoms with E-state index in [9.17, 15) is 20.0 Å². The third-order valence-corrected chi connectivity index (χ3v) is 4.86. The Hall–Kier alpha value is -2.92. The molecule has 1 aromatic heterocycles. The van der Waals surface area contributed by atoms with Gasteiger partial charge in [0.05, 0.1) is 19.7 Å². The monoisotopic (exact) mass is 511 g/mol. The summed E-state index contributed by atoms with van der Waals surface area (Å²) in [5.41, 5.74) is 2.83. The van der Waals surface area contributed by atoms with Gasteiger partial charge in [0.1, 0.15) is 17.3 Å². The number of benzene rings is 2. The van der Waals surface area contributed by atoms with Crippen LogP contribution in [0, 0.1) is 13.7 Å². The van der Waals surface area contributed by atoms with Gasteiger partial charge in [-0.3, -0.25) is 14.9 Å². The van der Waals surface area contributed by atoms with Crippen LogP contribution in [0.25, 0.3) is 11.3 Å². The van der Waals surface area contributed by atoms with Crippen molar-refractivity contribution in [2.45, 2.75) is 0 Å². The zero-order chi connectivity index (χ0) is 20.3. The molecular weight excluding hydrogens is 501 g/mol. The van der Waals surface area contributed by atoms with Crippen LogP contribution in [0.4, 0.5) is 5.69 Å². The van der Waals surface area contributed by atoms with Crippen molar-refractivity contribution in [1.82, 2.24) is 5.43 Å². The Bertz CT molecular complexity index is 1100. The van der Waals surface area contributed by atoms with E-state index in [0.29, 0.717) is 25.7 Å². The minimum Gasteiger partial charge on any atom is -0.507 e. The van der Waals surface area contributed by atoms with Gasteiger partial charge in [-0.25, -0.2) is 5.43 Å². The smallest absolute Gasteiger partial charge is 0.271 e. The molecule has 0 aliphatic rings. The Kier molecular flexibility index (Phi) is 5.95. The van der Waals surface area contributed by atoms with E-state index in [1.54, 1.807) is 24.3 Å². The van der Waals surface area contributed by atoms with Gasteiger partial charge in [0.15, 0.2) is 0 Å². The quantitative estimate of drug-likeness (QED) is 0.225. The number of rotatable bonds is 5. The number of aromatic hydroxyl groups is 1. The summed E-state index contributed by atoms with van der Waals surface area (Å²) in [7, 11) is 0. The summed E-state index contributed by atoms with van der Waals surface area (Å²) in [5, 5.41) is 24.7. The first-order valence-electron chi connectivity index (χ1n) is 7.71. The van der Waals surface area contributed by atoms with Gasteiger partial charge in [-0.05, 0) is 59.0 Å². The van der Waals surface area contributed by atoms with Crippen molar-refractivity contribution in [3.8, 4) is 17.1 Å². The number of nitrogens with zero attached hydrogens (tertiary/aromatic N) is 2. The highest BCUT2D eigenvalue weighted by Gasteiger charge is 2.14. The summed E-state index contributed by atoms with van der Waals surface area (Å²) in [6.07, 6.45) is 1.28. The van der Waals surface area contributed by atoms with Crippen molar-refractivity contribution in [3.63, 3.8) is 0 Å². The first-order chi connectivity index (χ1) is 13.3. The van der Waals surface area contributed by atoms with E-state index in [0.717, 1.165) is 0 Å². The molecule has 0 saturated carbocycles. The molecule has 2 aromatic carbocycles. The molecule has 28 heavy (non-hydrogen) atoms. The molecule has 0 aliphatic carbocycles. The molecule has 2 N–H and O–H groups in total. The molecule has 142 valence electrons. The molecule has 0 saturated heterocycles. The van der Waals surface area contributed by atoms with Crippen LogP contribution in [-0.4, -0.2) is 22.2 Å². The molecular formula is C18H11ClIN3O5. The predicted octanol–water partition coefficient (Wildman–Crippen LogP) is 4.58. The highest BCUT2D eigenvalue weighted by Crippen LogP contribution is 2.32. The Balaban J connectivity index is 1.72. The number of phenolic OH excluding ortho intramolecular Hbond substituents is 1. The number of halogens is 2. The average molecular weight is 512 g/mol. The normalized spacial score (nSPS) is 10.9. The Labute approximate surface area is 177 Å². The van der Waals surface area contributed by atoms with Crippen LogP contribution in [0.2, 0.25) is 5.02 Å². The highest BCUT2D eigenvalue weighted by atomic mass is 127. The zero-order valence-electron chi connectivity index (χ0n) is 13.9. The van der Waals surface area contributed by atoms with E-state index in [4.69, 9.17) is 16.0 Å². The third kappa shape index (κ3) is 4.49. The van der Waals surface area contributed by atoms with Crippen molar-refractivity contribution in [3.05, 3.63) is 78.6 Å². The van der Waals surface area contributed by atoms with Crippen molar-refractivity contribution in [2.75, 3.05) is 0 Å². The molecule has 0 aliphatic heterocycles. The van der Waals surface area contributed by atoms with Crippen LogP contribution in [0.1, 0.15) is 16.1 Å². The van der Waals surface area contributed by atoms with Crippen molar-refractivity contribution in [2.24, 2.45) is 5.10 Å². The maximum Gasteiger partial charge on any atom is 0.271 e. The number of hydrogen-bond donors (Lipinski definition) is 2. The van der Waals surface area contributed by atoms with Gasteiger partial charge in [-0.15, -0.1) is 0 Å². The lowest BCUT2D eigenvalue weighted by atomic mass is 10.1. The van der Waals surface area contributed by atoms with E-state index in [1.165, 1.54) is 30.5 Å². The number of hydrazone groups is 1. The second-order valence-corrected chi connectivity index (χ2v) is 7.06. The number of hydrogen-bond acceptors (Lipinski definition) is 6. The molecule has 0 bridgehead atoms. The predicted molar refractivity (Wildman–Crippen MR) is 112 cm³/mol. The van der Waals surface area contributed by atoms with E-state index >= 15 is 0 Å². The number of non-ortho nitro benzene ring substituents is 1. The number of carbonyl (C=O) groups is 1.